The van der Waals surface area contributed by atoms with Crippen LogP contribution < -0.4 is 25.0 Å². The van der Waals surface area contributed by atoms with Gasteiger partial charge in [-0.25, -0.2) is 4.99 Å². The zero-order chi connectivity index (χ0) is 21.7. The number of amidine groups is 1. The van der Waals surface area contributed by atoms with Crippen molar-refractivity contribution < 1.29 is 14.3 Å². The fourth-order valence-corrected chi connectivity index (χ4v) is 3.66. The van der Waals surface area contributed by atoms with E-state index in [4.69, 9.17) is 21.1 Å². The largest absolute Gasteiger partial charge is 0.497 e. The highest BCUT2D eigenvalue weighted by atomic mass is 35.5. The van der Waals surface area contributed by atoms with Crippen molar-refractivity contribution in [2.75, 3.05) is 25.7 Å². The molecule has 1 aliphatic heterocycles. The molecule has 0 aromatic heterocycles. The number of amides is 1. The molecule has 1 aliphatic rings. The molecule has 0 radical (unpaired) electrons. The molecule has 2 N–H and O–H groups in total. The molecule has 3 rings (SSSR count). The van der Waals surface area contributed by atoms with Crippen LogP contribution >= 0.6 is 11.6 Å². The second-order valence-corrected chi connectivity index (χ2v) is 7.19. The van der Waals surface area contributed by atoms with Crippen LogP contribution in [0, 0.1) is 13.8 Å². The number of hydrogen-bond acceptors (Lipinski definition) is 6. The number of benzene rings is 2. The Labute approximate surface area is 181 Å². The number of aryl methyl sites for hydroxylation is 2. The molecule has 2 aromatic rings. The van der Waals surface area contributed by atoms with Gasteiger partial charge < -0.3 is 25.0 Å². The van der Waals surface area contributed by atoms with Gasteiger partial charge in [-0.2, -0.15) is 0 Å². The molecule has 8 heteroatoms. The normalized spacial score (nSPS) is 15.4. The lowest BCUT2D eigenvalue weighted by molar-refractivity contribution is -0.109. The van der Waals surface area contributed by atoms with Gasteiger partial charge >= 0.3 is 0 Å². The van der Waals surface area contributed by atoms with E-state index in [1.807, 2.05) is 24.3 Å². The van der Waals surface area contributed by atoms with Crippen molar-refractivity contribution in [2.45, 2.75) is 20.0 Å². The number of carbonyl (C=O) groups excluding carboxylic acids is 1. The number of ether oxygens (including phenoxy) is 2. The van der Waals surface area contributed by atoms with Crippen LogP contribution in [0.25, 0.3) is 0 Å². The van der Waals surface area contributed by atoms with Crippen molar-refractivity contribution in [2.24, 2.45) is 4.99 Å². The highest BCUT2D eigenvalue weighted by molar-refractivity contribution is 6.64. The molecule has 0 spiro atoms. The van der Waals surface area contributed by atoms with Gasteiger partial charge in [0.2, 0.25) is 6.41 Å². The molecule has 30 heavy (non-hydrogen) atoms. The maximum absolute atomic E-state index is 11.1. The van der Waals surface area contributed by atoms with E-state index in [1.54, 1.807) is 20.4 Å². The summed E-state index contributed by atoms with van der Waals surface area (Å²) in [5, 5.41) is 5.86. The molecule has 158 valence electrons. The number of carbonyl (C=O) groups is 1. The van der Waals surface area contributed by atoms with Gasteiger partial charge in [-0.1, -0.05) is 18.2 Å². The number of para-hydroxylation sites is 1. The standard InChI is InChI=1S/C22H25ClN4O3/c1-14-6-5-7-15(2)20(14)27(18-9-8-17(29-3)10-19(18)30-4)12-16-11-24-22(23)26-21(16)25-13-28/h5-11,13,21H,12H2,1-4H3,(H,24,26)(H,25,28). The van der Waals surface area contributed by atoms with Gasteiger partial charge in [0.1, 0.15) is 17.7 Å². The summed E-state index contributed by atoms with van der Waals surface area (Å²) in [5.74, 6) is 1.37. The Morgan fingerprint density at radius 3 is 2.57 bits per heavy atom. The molecule has 1 heterocycles. The highest BCUT2D eigenvalue weighted by Crippen LogP contribution is 2.39. The van der Waals surface area contributed by atoms with E-state index in [-0.39, 0.29) is 5.29 Å². The fourth-order valence-electron chi connectivity index (χ4n) is 3.51. The number of nitrogens with one attached hydrogen (secondary N) is 2. The Morgan fingerprint density at radius 2 is 1.93 bits per heavy atom. The second-order valence-electron chi connectivity index (χ2n) is 6.83. The van der Waals surface area contributed by atoms with Crippen LogP contribution in [0.3, 0.4) is 0 Å². The third kappa shape index (κ3) is 4.52. The van der Waals surface area contributed by atoms with Gasteiger partial charge in [-0.3, -0.25) is 4.79 Å². The smallest absolute Gasteiger partial charge is 0.209 e. The van der Waals surface area contributed by atoms with Crippen LogP contribution in [0.2, 0.25) is 0 Å². The van der Waals surface area contributed by atoms with Gasteiger partial charge in [-0.15, -0.1) is 0 Å². The Bertz CT molecular complexity index is 970. The van der Waals surface area contributed by atoms with Crippen molar-refractivity contribution in [3.05, 3.63) is 59.3 Å². The number of nitrogens with zero attached hydrogens (tertiary/aromatic N) is 2. The lowest BCUT2D eigenvalue weighted by Crippen LogP contribution is -2.39. The number of hydrogen-bond donors (Lipinski definition) is 2. The first-order valence-corrected chi connectivity index (χ1v) is 9.80. The van der Waals surface area contributed by atoms with Gasteiger partial charge in [0.05, 0.1) is 19.9 Å². The topological polar surface area (TPSA) is 75.2 Å². The van der Waals surface area contributed by atoms with E-state index in [0.29, 0.717) is 24.5 Å². The fraction of sp³-hybridized carbons (Fsp3) is 0.273. The van der Waals surface area contributed by atoms with E-state index >= 15 is 0 Å². The number of aliphatic imine (C=N–C) groups is 1. The molecule has 0 bridgehead atoms. The zero-order valence-electron chi connectivity index (χ0n) is 17.4. The Kier molecular flexibility index (Phi) is 6.84. The maximum atomic E-state index is 11.1. The van der Waals surface area contributed by atoms with Crippen molar-refractivity contribution in [3.8, 4) is 11.5 Å². The average Bonchev–Trinajstić information content (AvgIpc) is 2.74. The molecule has 1 amide bonds. The predicted molar refractivity (Wildman–Crippen MR) is 120 cm³/mol. The summed E-state index contributed by atoms with van der Waals surface area (Å²) < 4.78 is 11.0. The monoisotopic (exact) mass is 428 g/mol. The quantitative estimate of drug-likeness (QED) is 0.496. The third-order valence-corrected chi connectivity index (χ3v) is 5.13. The van der Waals surface area contributed by atoms with Crippen molar-refractivity contribution in [1.82, 2.24) is 10.6 Å². The summed E-state index contributed by atoms with van der Waals surface area (Å²) >= 11 is 6.01. The van der Waals surface area contributed by atoms with Crippen molar-refractivity contribution >= 4 is 34.7 Å². The first kappa shape index (κ1) is 21.5. The predicted octanol–water partition coefficient (Wildman–Crippen LogP) is 3.61. The molecular weight excluding hydrogens is 404 g/mol. The minimum atomic E-state index is -0.563. The summed E-state index contributed by atoms with van der Waals surface area (Å²) in [6.45, 7) is 4.57. The second kappa shape index (κ2) is 9.54. The summed E-state index contributed by atoms with van der Waals surface area (Å²) in [6.07, 6.45) is 1.83. The number of methoxy groups -OCH3 is 2. The molecule has 7 nitrogen and oxygen atoms in total. The Hall–Kier alpha value is -3.19. The van der Waals surface area contributed by atoms with E-state index < -0.39 is 6.17 Å². The van der Waals surface area contributed by atoms with Crippen LogP contribution in [0.15, 0.2) is 53.2 Å². The van der Waals surface area contributed by atoms with E-state index in [9.17, 15) is 4.79 Å². The summed E-state index contributed by atoms with van der Waals surface area (Å²) in [4.78, 5) is 17.5. The SMILES string of the molecule is COc1ccc(N(CC2=CNC(Cl)=NC2NC=O)c2c(C)cccc2C)c(OC)c1. The Morgan fingerprint density at radius 1 is 1.20 bits per heavy atom. The van der Waals surface area contributed by atoms with Gasteiger partial charge in [-0.05, 0) is 48.7 Å². The van der Waals surface area contributed by atoms with Crippen LogP contribution in [0.1, 0.15) is 11.1 Å². The first-order chi connectivity index (χ1) is 14.5. The lowest BCUT2D eigenvalue weighted by Gasteiger charge is -2.32. The van der Waals surface area contributed by atoms with Gasteiger partial charge in [0.25, 0.3) is 0 Å². The van der Waals surface area contributed by atoms with E-state index in [2.05, 4.69) is 46.5 Å². The molecular formula is C22H25ClN4O3. The van der Waals surface area contributed by atoms with Crippen LogP contribution in [0.4, 0.5) is 11.4 Å². The maximum Gasteiger partial charge on any atom is 0.209 e. The lowest BCUT2D eigenvalue weighted by atomic mass is 10.0. The number of halogens is 1. The Balaban J connectivity index is 2.11. The minimum absolute atomic E-state index is 0.221. The van der Waals surface area contributed by atoms with Crippen molar-refractivity contribution in [3.63, 3.8) is 0 Å². The zero-order valence-corrected chi connectivity index (χ0v) is 18.2. The van der Waals surface area contributed by atoms with E-state index in [1.165, 1.54) is 0 Å². The van der Waals surface area contributed by atoms with Gasteiger partial charge in [0.15, 0.2) is 5.29 Å². The third-order valence-electron chi connectivity index (χ3n) is 4.92. The number of anilines is 2. The summed E-state index contributed by atoms with van der Waals surface area (Å²) in [6, 6.07) is 11.9. The summed E-state index contributed by atoms with van der Waals surface area (Å²) in [7, 11) is 3.25. The molecule has 0 aliphatic carbocycles. The van der Waals surface area contributed by atoms with Crippen LogP contribution in [-0.2, 0) is 4.79 Å². The highest BCUT2D eigenvalue weighted by Gasteiger charge is 2.25. The van der Waals surface area contributed by atoms with Gasteiger partial charge in [0, 0.05) is 30.1 Å². The van der Waals surface area contributed by atoms with Crippen molar-refractivity contribution in [1.29, 1.82) is 0 Å². The molecule has 0 saturated heterocycles. The molecule has 1 atom stereocenters. The molecule has 1 unspecified atom stereocenters. The first-order valence-electron chi connectivity index (χ1n) is 9.42. The minimum Gasteiger partial charge on any atom is -0.497 e. The number of rotatable bonds is 8. The van der Waals surface area contributed by atoms with Crippen LogP contribution in [-0.4, -0.2) is 38.6 Å². The van der Waals surface area contributed by atoms with E-state index in [0.717, 1.165) is 28.1 Å². The molecule has 0 saturated carbocycles. The molecule has 0 fully saturated rings. The van der Waals surface area contributed by atoms with Crippen LogP contribution in [0.5, 0.6) is 11.5 Å². The molecule has 2 aromatic carbocycles. The average molecular weight is 429 g/mol. The summed E-state index contributed by atoms with van der Waals surface area (Å²) in [5.41, 5.74) is 4.97.